The fourth-order valence-electron chi connectivity index (χ4n) is 2.10. The van der Waals surface area contributed by atoms with Crippen LogP contribution < -0.4 is 0 Å². The average Bonchev–Trinajstić information content (AvgIpc) is 2.90. The van der Waals surface area contributed by atoms with Crippen molar-refractivity contribution in [2.24, 2.45) is 0 Å². The Kier molecular flexibility index (Phi) is 3.48. The molecule has 20 heavy (non-hydrogen) atoms. The first-order valence-corrected chi connectivity index (χ1v) is 6.69. The van der Waals surface area contributed by atoms with Crippen LogP contribution in [0.25, 0.3) is 11.4 Å². The Balaban J connectivity index is 2.00. The minimum Gasteiger partial charge on any atom is -0.221 e. The van der Waals surface area contributed by atoms with Gasteiger partial charge in [-0.1, -0.05) is 48.0 Å². The number of nitrogens with zero attached hydrogens (tertiary/aromatic N) is 4. The molecule has 0 saturated heterocycles. The molecule has 100 valence electrons. The van der Waals surface area contributed by atoms with Gasteiger partial charge in [0.2, 0.25) is 0 Å². The predicted molar refractivity (Wildman–Crippen MR) is 78.5 cm³/mol. The van der Waals surface area contributed by atoms with Gasteiger partial charge in [0.1, 0.15) is 0 Å². The van der Waals surface area contributed by atoms with E-state index in [1.54, 1.807) is 4.68 Å². The second kappa shape index (κ2) is 5.43. The number of rotatable bonds is 3. The number of tetrazole rings is 1. The standard InChI is InChI=1S/C15H13ClN4/c1-11-6-2-3-7-12(11)10-20-15(17-18-19-20)13-8-4-5-9-14(13)16/h2-9H,10H2,1H3. The van der Waals surface area contributed by atoms with Gasteiger partial charge in [0, 0.05) is 5.56 Å². The number of aromatic nitrogens is 4. The molecule has 1 heterocycles. The van der Waals surface area contributed by atoms with Gasteiger partial charge in [-0.05, 0) is 40.6 Å². The van der Waals surface area contributed by atoms with Crippen molar-refractivity contribution in [3.63, 3.8) is 0 Å². The highest BCUT2D eigenvalue weighted by atomic mass is 35.5. The second-order valence-electron chi connectivity index (χ2n) is 4.57. The van der Waals surface area contributed by atoms with Crippen LogP contribution >= 0.6 is 11.6 Å². The molecule has 0 atom stereocenters. The van der Waals surface area contributed by atoms with Gasteiger partial charge in [0.25, 0.3) is 0 Å². The zero-order valence-electron chi connectivity index (χ0n) is 11.0. The van der Waals surface area contributed by atoms with E-state index in [-0.39, 0.29) is 0 Å². The van der Waals surface area contributed by atoms with Crippen LogP contribution in [0.1, 0.15) is 11.1 Å². The van der Waals surface area contributed by atoms with E-state index >= 15 is 0 Å². The molecule has 1 aromatic heterocycles. The molecule has 0 fully saturated rings. The van der Waals surface area contributed by atoms with Gasteiger partial charge in [0.05, 0.1) is 11.6 Å². The normalized spacial score (nSPS) is 10.7. The van der Waals surface area contributed by atoms with E-state index in [2.05, 4.69) is 34.6 Å². The molecule has 0 amide bonds. The zero-order chi connectivity index (χ0) is 13.9. The SMILES string of the molecule is Cc1ccccc1Cn1nnnc1-c1ccccc1Cl. The van der Waals surface area contributed by atoms with Crippen LogP contribution in [-0.2, 0) is 6.54 Å². The molecule has 3 aromatic rings. The summed E-state index contributed by atoms with van der Waals surface area (Å²) in [4.78, 5) is 0. The van der Waals surface area contributed by atoms with Crippen LogP contribution in [0.2, 0.25) is 5.02 Å². The molecular weight excluding hydrogens is 272 g/mol. The minimum absolute atomic E-state index is 0.625. The lowest BCUT2D eigenvalue weighted by Gasteiger charge is -2.08. The Labute approximate surface area is 122 Å². The molecule has 3 rings (SSSR count). The topological polar surface area (TPSA) is 43.6 Å². The average molecular weight is 285 g/mol. The number of benzene rings is 2. The second-order valence-corrected chi connectivity index (χ2v) is 4.97. The van der Waals surface area contributed by atoms with Gasteiger partial charge in [0.15, 0.2) is 5.82 Å². The number of hydrogen-bond donors (Lipinski definition) is 0. The zero-order valence-corrected chi connectivity index (χ0v) is 11.7. The maximum atomic E-state index is 6.21. The lowest BCUT2D eigenvalue weighted by Crippen LogP contribution is -2.05. The molecule has 0 aliphatic heterocycles. The van der Waals surface area contributed by atoms with Crippen molar-refractivity contribution in [2.45, 2.75) is 13.5 Å². The van der Waals surface area contributed by atoms with Crippen molar-refractivity contribution >= 4 is 11.6 Å². The molecule has 0 saturated carbocycles. The summed E-state index contributed by atoms with van der Waals surface area (Å²) in [6, 6.07) is 15.8. The third-order valence-electron chi connectivity index (χ3n) is 3.23. The van der Waals surface area contributed by atoms with Crippen molar-refractivity contribution in [1.29, 1.82) is 0 Å². The van der Waals surface area contributed by atoms with E-state index in [1.165, 1.54) is 11.1 Å². The van der Waals surface area contributed by atoms with Crippen LogP contribution in [0.4, 0.5) is 0 Å². The van der Waals surface area contributed by atoms with E-state index < -0.39 is 0 Å². The first-order valence-electron chi connectivity index (χ1n) is 6.31. The summed E-state index contributed by atoms with van der Waals surface area (Å²) < 4.78 is 1.77. The molecule has 5 heteroatoms. The fourth-order valence-corrected chi connectivity index (χ4v) is 2.32. The summed E-state index contributed by atoms with van der Waals surface area (Å²) in [5.74, 6) is 0.679. The largest absolute Gasteiger partial charge is 0.221 e. The van der Waals surface area contributed by atoms with Gasteiger partial charge in [-0.25, -0.2) is 4.68 Å². The van der Waals surface area contributed by atoms with Crippen LogP contribution in [-0.4, -0.2) is 20.2 Å². The summed E-state index contributed by atoms with van der Waals surface area (Å²) in [7, 11) is 0. The van der Waals surface area contributed by atoms with Crippen LogP contribution in [0.5, 0.6) is 0 Å². The third-order valence-corrected chi connectivity index (χ3v) is 3.56. The lowest BCUT2D eigenvalue weighted by molar-refractivity contribution is 0.651. The molecule has 2 aromatic carbocycles. The summed E-state index contributed by atoms with van der Waals surface area (Å²) in [5, 5.41) is 12.6. The van der Waals surface area contributed by atoms with Gasteiger partial charge in [-0.2, -0.15) is 0 Å². The Morgan fingerprint density at radius 3 is 2.60 bits per heavy atom. The Morgan fingerprint density at radius 2 is 1.80 bits per heavy atom. The molecule has 0 N–H and O–H groups in total. The molecule has 4 nitrogen and oxygen atoms in total. The predicted octanol–water partition coefficient (Wildman–Crippen LogP) is 3.35. The molecule has 0 radical (unpaired) electrons. The Bertz CT molecular complexity index is 736. The van der Waals surface area contributed by atoms with E-state index in [1.807, 2.05) is 36.4 Å². The molecule has 0 bridgehead atoms. The monoisotopic (exact) mass is 284 g/mol. The quantitative estimate of drug-likeness (QED) is 0.741. The van der Waals surface area contributed by atoms with Crippen molar-refractivity contribution in [3.05, 3.63) is 64.7 Å². The molecule has 0 unspecified atom stereocenters. The Hall–Kier alpha value is -2.20. The van der Waals surface area contributed by atoms with Crippen molar-refractivity contribution in [1.82, 2.24) is 20.2 Å². The Morgan fingerprint density at radius 1 is 1.05 bits per heavy atom. The maximum Gasteiger partial charge on any atom is 0.183 e. The minimum atomic E-state index is 0.625. The van der Waals surface area contributed by atoms with Crippen molar-refractivity contribution < 1.29 is 0 Å². The highest BCUT2D eigenvalue weighted by Gasteiger charge is 2.12. The highest BCUT2D eigenvalue weighted by molar-refractivity contribution is 6.33. The smallest absolute Gasteiger partial charge is 0.183 e. The van der Waals surface area contributed by atoms with Crippen molar-refractivity contribution in [3.8, 4) is 11.4 Å². The first kappa shape index (κ1) is 12.8. The van der Waals surface area contributed by atoms with E-state index in [9.17, 15) is 0 Å². The summed E-state index contributed by atoms with van der Waals surface area (Å²) in [6.45, 7) is 2.70. The van der Waals surface area contributed by atoms with Crippen LogP contribution in [0.15, 0.2) is 48.5 Å². The van der Waals surface area contributed by atoms with Gasteiger partial charge in [-0.3, -0.25) is 0 Å². The van der Waals surface area contributed by atoms with E-state index in [4.69, 9.17) is 11.6 Å². The summed E-state index contributed by atoms with van der Waals surface area (Å²) in [6.07, 6.45) is 0. The van der Waals surface area contributed by atoms with Crippen LogP contribution in [0, 0.1) is 6.92 Å². The first-order chi connectivity index (χ1) is 9.75. The van der Waals surface area contributed by atoms with Gasteiger partial charge < -0.3 is 0 Å². The molecule has 0 spiro atoms. The van der Waals surface area contributed by atoms with E-state index in [0.29, 0.717) is 17.4 Å². The summed E-state index contributed by atoms with van der Waals surface area (Å²) >= 11 is 6.21. The van der Waals surface area contributed by atoms with Gasteiger partial charge in [-0.15, -0.1) is 5.10 Å². The third kappa shape index (κ3) is 2.42. The number of aryl methyl sites for hydroxylation is 1. The molecular formula is C15H13ClN4. The highest BCUT2D eigenvalue weighted by Crippen LogP contribution is 2.25. The molecule has 0 aliphatic carbocycles. The van der Waals surface area contributed by atoms with Crippen molar-refractivity contribution in [2.75, 3.05) is 0 Å². The number of hydrogen-bond acceptors (Lipinski definition) is 3. The number of halogens is 1. The van der Waals surface area contributed by atoms with Gasteiger partial charge >= 0.3 is 0 Å². The maximum absolute atomic E-state index is 6.21. The summed E-state index contributed by atoms with van der Waals surface area (Å²) in [5.41, 5.74) is 3.24. The lowest BCUT2D eigenvalue weighted by atomic mass is 10.1. The fraction of sp³-hybridized carbons (Fsp3) is 0.133. The van der Waals surface area contributed by atoms with E-state index in [0.717, 1.165) is 5.56 Å². The molecule has 0 aliphatic rings. The van der Waals surface area contributed by atoms with Crippen LogP contribution in [0.3, 0.4) is 0 Å².